The highest BCUT2D eigenvalue weighted by Crippen LogP contribution is 2.30. The van der Waals surface area contributed by atoms with E-state index < -0.39 is 11.6 Å². The highest BCUT2D eigenvalue weighted by Gasteiger charge is 2.34. The molecule has 4 rings (SSSR count). The molecular weight excluding hydrogens is 452 g/mol. The lowest BCUT2D eigenvalue weighted by molar-refractivity contribution is -0.128. The van der Waals surface area contributed by atoms with Crippen LogP contribution in [0.1, 0.15) is 32.4 Å². The standard InChI is InChI=1S/C28H32N6O2/c1-28(2,3)29-27(36)26(20-15-17-21(18-16-20)32(4)5)34(22-11-7-6-8-12-22)25(35)19-33-24-14-10-9-13-23(24)30-31-33/h6-18,26H,19H2,1-5H3,(H,29,36)/t26-/m0/s1. The maximum Gasteiger partial charge on any atom is 0.249 e. The predicted molar refractivity (Wildman–Crippen MR) is 143 cm³/mol. The third kappa shape index (κ3) is 5.54. The number of hydrogen-bond acceptors (Lipinski definition) is 5. The molecule has 0 bridgehead atoms. The first-order valence-electron chi connectivity index (χ1n) is 11.9. The van der Waals surface area contributed by atoms with E-state index >= 15 is 0 Å². The van der Waals surface area contributed by atoms with Gasteiger partial charge in [0.1, 0.15) is 18.1 Å². The van der Waals surface area contributed by atoms with Crippen molar-refractivity contribution in [2.45, 2.75) is 38.9 Å². The molecule has 1 aromatic heterocycles. The quantitative estimate of drug-likeness (QED) is 0.425. The summed E-state index contributed by atoms with van der Waals surface area (Å²) in [5.41, 5.74) is 3.32. The number of aromatic nitrogens is 3. The molecule has 186 valence electrons. The monoisotopic (exact) mass is 484 g/mol. The Morgan fingerprint density at radius 2 is 1.53 bits per heavy atom. The summed E-state index contributed by atoms with van der Waals surface area (Å²) in [6, 6.07) is 23.6. The Morgan fingerprint density at radius 3 is 2.17 bits per heavy atom. The van der Waals surface area contributed by atoms with E-state index in [1.807, 2.05) is 119 Å². The fourth-order valence-electron chi connectivity index (χ4n) is 4.07. The molecule has 3 aromatic carbocycles. The topological polar surface area (TPSA) is 83.4 Å². The van der Waals surface area contributed by atoms with E-state index in [4.69, 9.17) is 0 Å². The average Bonchev–Trinajstić information content (AvgIpc) is 3.24. The minimum atomic E-state index is -0.884. The van der Waals surface area contributed by atoms with Crippen molar-refractivity contribution >= 4 is 34.2 Å². The molecule has 0 fully saturated rings. The van der Waals surface area contributed by atoms with Crippen molar-refractivity contribution in [1.82, 2.24) is 20.3 Å². The molecule has 0 aliphatic carbocycles. The van der Waals surface area contributed by atoms with Crippen LogP contribution in [0.15, 0.2) is 78.9 Å². The molecule has 0 spiro atoms. The summed E-state index contributed by atoms with van der Waals surface area (Å²) >= 11 is 0. The molecule has 1 atom stereocenters. The van der Waals surface area contributed by atoms with E-state index in [0.717, 1.165) is 11.2 Å². The van der Waals surface area contributed by atoms with Crippen molar-refractivity contribution in [3.05, 3.63) is 84.4 Å². The van der Waals surface area contributed by atoms with Crippen molar-refractivity contribution in [3.63, 3.8) is 0 Å². The van der Waals surface area contributed by atoms with E-state index in [1.165, 1.54) is 0 Å². The Balaban J connectivity index is 1.80. The molecule has 36 heavy (non-hydrogen) atoms. The number of rotatable bonds is 7. The fourth-order valence-corrected chi connectivity index (χ4v) is 4.07. The number of benzene rings is 3. The van der Waals surface area contributed by atoms with Gasteiger partial charge in [-0.2, -0.15) is 0 Å². The molecular formula is C28H32N6O2. The van der Waals surface area contributed by atoms with Crippen LogP contribution in [0.25, 0.3) is 11.0 Å². The lowest BCUT2D eigenvalue weighted by atomic mass is 10.00. The first-order chi connectivity index (χ1) is 17.1. The highest BCUT2D eigenvalue weighted by atomic mass is 16.2. The number of anilines is 2. The molecule has 0 radical (unpaired) electrons. The van der Waals surface area contributed by atoms with E-state index in [2.05, 4.69) is 15.6 Å². The molecule has 0 saturated carbocycles. The molecule has 8 heteroatoms. The van der Waals surface area contributed by atoms with Crippen LogP contribution in [-0.4, -0.2) is 46.4 Å². The zero-order valence-corrected chi connectivity index (χ0v) is 21.3. The van der Waals surface area contributed by atoms with Crippen LogP contribution in [0.3, 0.4) is 0 Å². The number of nitrogens with one attached hydrogen (secondary N) is 1. The Hall–Kier alpha value is -4.20. The molecule has 0 unspecified atom stereocenters. The van der Waals surface area contributed by atoms with E-state index in [-0.39, 0.29) is 18.4 Å². The van der Waals surface area contributed by atoms with Gasteiger partial charge in [-0.15, -0.1) is 5.10 Å². The fraction of sp³-hybridized carbons (Fsp3) is 0.286. The normalized spacial score (nSPS) is 12.2. The van der Waals surface area contributed by atoms with E-state index in [9.17, 15) is 9.59 Å². The molecule has 1 N–H and O–H groups in total. The van der Waals surface area contributed by atoms with Gasteiger partial charge in [0.2, 0.25) is 11.8 Å². The van der Waals surface area contributed by atoms with Crippen molar-refractivity contribution in [2.24, 2.45) is 0 Å². The summed E-state index contributed by atoms with van der Waals surface area (Å²) in [6.07, 6.45) is 0. The Kier molecular flexibility index (Phi) is 7.05. The van der Waals surface area contributed by atoms with Gasteiger partial charge in [-0.1, -0.05) is 47.7 Å². The Morgan fingerprint density at radius 1 is 0.889 bits per heavy atom. The summed E-state index contributed by atoms with van der Waals surface area (Å²) in [4.78, 5) is 31.3. The number of nitrogens with zero attached hydrogens (tertiary/aromatic N) is 5. The van der Waals surface area contributed by atoms with Crippen LogP contribution in [-0.2, 0) is 16.1 Å². The molecule has 0 aliphatic rings. The van der Waals surface area contributed by atoms with Crippen LogP contribution in [0.2, 0.25) is 0 Å². The van der Waals surface area contributed by atoms with Crippen molar-refractivity contribution < 1.29 is 9.59 Å². The summed E-state index contributed by atoms with van der Waals surface area (Å²) in [5.74, 6) is -0.539. The summed E-state index contributed by atoms with van der Waals surface area (Å²) in [7, 11) is 3.92. The number of hydrogen-bond donors (Lipinski definition) is 1. The largest absolute Gasteiger partial charge is 0.378 e. The lowest BCUT2D eigenvalue weighted by Gasteiger charge is -2.34. The minimum absolute atomic E-state index is 0.0650. The molecule has 8 nitrogen and oxygen atoms in total. The lowest BCUT2D eigenvalue weighted by Crippen LogP contribution is -2.50. The van der Waals surface area contributed by atoms with Gasteiger partial charge in [-0.05, 0) is 62.7 Å². The Bertz CT molecular complexity index is 1340. The molecule has 0 saturated heterocycles. The van der Waals surface area contributed by atoms with Gasteiger partial charge in [-0.3, -0.25) is 14.5 Å². The Labute approximate surface area is 211 Å². The van der Waals surface area contributed by atoms with E-state index in [0.29, 0.717) is 16.8 Å². The van der Waals surface area contributed by atoms with Crippen molar-refractivity contribution in [1.29, 1.82) is 0 Å². The van der Waals surface area contributed by atoms with Gasteiger partial charge < -0.3 is 10.2 Å². The molecule has 1 heterocycles. The first-order valence-corrected chi connectivity index (χ1v) is 11.9. The minimum Gasteiger partial charge on any atom is -0.378 e. The van der Waals surface area contributed by atoms with Crippen LogP contribution in [0.4, 0.5) is 11.4 Å². The third-order valence-electron chi connectivity index (χ3n) is 5.74. The number of carbonyl (C=O) groups is 2. The molecule has 2 amide bonds. The van der Waals surface area contributed by atoms with Crippen LogP contribution in [0.5, 0.6) is 0 Å². The molecule has 0 aliphatic heterocycles. The van der Waals surface area contributed by atoms with Crippen molar-refractivity contribution in [3.8, 4) is 0 Å². The van der Waals surface area contributed by atoms with Gasteiger partial charge in [0.15, 0.2) is 0 Å². The highest BCUT2D eigenvalue weighted by molar-refractivity contribution is 6.01. The number of para-hydroxylation sites is 2. The smallest absolute Gasteiger partial charge is 0.249 e. The maximum absolute atomic E-state index is 14.0. The zero-order valence-electron chi connectivity index (χ0n) is 21.3. The first kappa shape index (κ1) is 24.9. The van der Waals surface area contributed by atoms with Crippen LogP contribution in [0, 0.1) is 0 Å². The number of amides is 2. The second kappa shape index (κ2) is 10.2. The number of carbonyl (C=O) groups excluding carboxylic acids is 2. The van der Waals surface area contributed by atoms with Gasteiger partial charge in [-0.25, -0.2) is 4.68 Å². The van der Waals surface area contributed by atoms with Crippen LogP contribution >= 0.6 is 0 Å². The maximum atomic E-state index is 14.0. The summed E-state index contributed by atoms with van der Waals surface area (Å²) in [6.45, 7) is 5.71. The average molecular weight is 485 g/mol. The summed E-state index contributed by atoms with van der Waals surface area (Å²) in [5, 5.41) is 11.4. The third-order valence-corrected chi connectivity index (χ3v) is 5.74. The van der Waals surface area contributed by atoms with Gasteiger partial charge in [0.25, 0.3) is 0 Å². The SMILES string of the molecule is CN(C)c1ccc([C@@H](C(=O)NC(C)(C)C)N(C(=O)Cn2nnc3ccccc32)c2ccccc2)cc1. The van der Waals surface area contributed by atoms with Gasteiger partial charge >= 0.3 is 0 Å². The zero-order chi connectivity index (χ0) is 25.9. The molecule has 4 aromatic rings. The predicted octanol–water partition coefficient (Wildman–Crippen LogP) is 4.19. The van der Waals surface area contributed by atoms with E-state index in [1.54, 1.807) is 9.58 Å². The van der Waals surface area contributed by atoms with Gasteiger partial charge in [0.05, 0.1) is 5.52 Å². The number of fused-ring (bicyclic) bond motifs is 1. The van der Waals surface area contributed by atoms with Gasteiger partial charge in [0, 0.05) is 31.0 Å². The summed E-state index contributed by atoms with van der Waals surface area (Å²) < 4.78 is 1.57. The second-order valence-electron chi connectivity index (χ2n) is 9.96. The van der Waals surface area contributed by atoms with Crippen LogP contribution < -0.4 is 15.1 Å². The van der Waals surface area contributed by atoms with Crippen molar-refractivity contribution in [2.75, 3.05) is 23.9 Å². The second-order valence-corrected chi connectivity index (χ2v) is 9.96.